The van der Waals surface area contributed by atoms with Gasteiger partial charge in [-0.05, 0) is 57.8 Å². The number of unbranched alkanes of at least 4 members (excludes halogenated alkanes) is 20. The van der Waals surface area contributed by atoms with Crippen molar-refractivity contribution in [1.82, 2.24) is 5.32 Å². The quantitative estimate of drug-likeness (QED) is 0.0313. The molecule has 3 unspecified atom stereocenters. The van der Waals surface area contributed by atoms with Crippen LogP contribution in [0, 0.1) is 0 Å². The van der Waals surface area contributed by atoms with Gasteiger partial charge in [0.25, 0.3) is 10.1 Å². The number of nitrogens with one attached hydrogen (secondary N) is 1. The summed E-state index contributed by atoms with van der Waals surface area (Å²) in [5.74, 6) is -1.57. The minimum atomic E-state index is -4.44. The van der Waals surface area contributed by atoms with Crippen LogP contribution in [0.5, 0.6) is 0 Å². The molecule has 0 aliphatic carbocycles. The van der Waals surface area contributed by atoms with Crippen LogP contribution < -0.4 is 5.32 Å². The third-order valence-corrected chi connectivity index (χ3v) is 9.18. The summed E-state index contributed by atoms with van der Waals surface area (Å²) in [6.45, 7) is 4.43. The summed E-state index contributed by atoms with van der Waals surface area (Å²) < 4.78 is 32.3. The number of carbonyl (C=O) groups excluding carboxylic acids is 1. The fourth-order valence-electron chi connectivity index (χ4n) is 5.46. The van der Waals surface area contributed by atoms with Crippen molar-refractivity contribution in [2.24, 2.45) is 0 Å². The molecule has 0 aliphatic heterocycles. The molecule has 0 aliphatic rings. The minimum absolute atomic E-state index is 0.267. The highest BCUT2D eigenvalue weighted by molar-refractivity contribution is 7.85. The van der Waals surface area contributed by atoms with Gasteiger partial charge < -0.3 is 15.5 Å². The Balaban J connectivity index is 4.01. The second-order valence-electron chi connectivity index (χ2n) is 13.0. The number of carbonyl (C=O) groups is 1. The number of aliphatic hydroxyl groups is 2. The molecular weight excluding hydrogens is 598 g/mol. The lowest BCUT2D eigenvalue weighted by molar-refractivity contribution is -0.130. The Labute approximate surface area is 283 Å². The molecule has 270 valence electrons. The molecule has 1 amide bonds. The van der Waals surface area contributed by atoms with E-state index in [1.54, 1.807) is 6.08 Å². The average Bonchev–Trinajstić information content (AvgIpc) is 3.01. The average molecular weight is 670 g/mol. The van der Waals surface area contributed by atoms with Crippen LogP contribution in [0.1, 0.15) is 174 Å². The topological polar surface area (TPSA) is 124 Å². The first-order chi connectivity index (χ1) is 22.2. The third-order valence-electron chi connectivity index (χ3n) is 8.40. The number of hydrogen-bond donors (Lipinski definition) is 4. The van der Waals surface area contributed by atoms with Crippen LogP contribution >= 0.6 is 0 Å². The molecule has 7 nitrogen and oxygen atoms in total. The number of rotatable bonds is 33. The van der Waals surface area contributed by atoms with Crippen molar-refractivity contribution < 1.29 is 28.0 Å². The molecule has 4 N–H and O–H groups in total. The van der Waals surface area contributed by atoms with E-state index in [0.717, 1.165) is 38.5 Å². The van der Waals surface area contributed by atoms with E-state index in [1.165, 1.54) is 109 Å². The zero-order chi connectivity index (χ0) is 34.1. The van der Waals surface area contributed by atoms with Gasteiger partial charge >= 0.3 is 0 Å². The summed E-state index contributed by atoms with van der Waals surface area (Å²) >= 11 is 0. The lowest BCUT2D eigenvalue weighted by Crippen LogP contribution is -2.50. The van der Waals surface area contributed by atoms with E-state index in [1.807, 2.05) is 0 Å². The van der Waals surface area contributed by atoms with Gasteiger partial charge in [0.15, 0.2) is 0 Å². The lowest BCUT2D eigenvalue weighted by atomic mass is 10.0. The van der Waals surface area contributed by atoms with Gasteiger partial charge in [0.05, 0.1) is 17.9 Å². The van der Waals surface area contributed by atoms with Gasteiger partial charge in [-0.3, -0.25) is 9.35 Å². The first kappa shape index (κ1) is 44.5. The van der Waals surface area contributed by atoms with Crippen molar-refractivity contribution in [3.05, 3.63) is 36.5 Å². The number of amides is 1. The molecule has 0 rings (SSSR count). The van der Waals surface area contributed by atoms with Crippen molar-refractivity contribution in [2.75, 3.05) is 5.75 Å². The molecule has 0 saturated heterocycles. The van der Waals surface area contributed by atoms with Crippen LogP contribution in [0.25, 0.3) is 0 Å². The van der Waals surface area contributed by atoms with Crippen LogP contribution in [-0.2, 0) is 14.9 Å². The first-order valence-electron chi connectivity index (χ1n) is 18.8. The Hall–Kier alpha value is -1.48. The molecule has 0 aromatic heterocycles. The Morgan fingerprint density at radius 3 is 1.48 bits per heavy atom. The molecular formula is C38H71NO6S. The Bertz CT molecular complexity index is 886. The Morgan fingerprint density at radius 1 is 0.587 bits per heavy atom. The highest BCUT2D eigenvalue weighted by Crippen LogP contribution is 2.13. The predicted molar refractivity (Wildman–Crippen MR) is 195 cm³/mol. The maximum absolute atomic E-state index is 12.5. The fraction of sp³-hybridized carbons (Fsp3) is 0.816. The molecule has 0 bridgehead atoms. The molecule has 46 heavy (non-hydrogen) atoms. The second kappa shape index (κ2) is 32.1. The number of hydrogen-bond acceptors (Lipinski definition) is 5. The highest BCUT2D eigenvalue weighted by Gasteiger charge is 2.27. The molecule has 0 heterocycles. The van der Waals surface area contributed by atoms with Gasteiger partial charge in [-0.1, -0.05) is 153 Å². The standard InChI is InChI=1S/C38H71NO6S/c1-3-5-7-9-11-13-14-15-16-17-18-19-20-21-22-23-25-27-29-31-33-37(41)38(42)39-35(34-46(43,44)45)36(40)32-30-28-26-24-12-10-8-6-4-2/h12,19-20,24,30,32,35-37,40-41H,3-11,13-18,21-23,25-29,31,33-34H2,1-2H3,(H,39,42)(H,43,44,45)/b20-19-,24-12+,32-30+. The van der Waals surface area contributed by atoms with Gasteiger partial charge in [0.2, 0.25) is 5.91 Å². The maximum atomic E-state index is 12.5. The normalized spacial score (nSPS) is 14.5. The molecule has 0 saturated carbocycles. The van der Waals surface area contributed by atoms with Gasteiger partial charge in [-0.15, -0.1) is 0 Å². The van der Waals surface area contributed by atoms with Gasteiger partial charge in [0, 0.05) is 0 Å². The van der Waals surface area contributed by atoms with E-state index in [9.17, 15) is 28.0 Å². The van der Waals surface area contributed by atoms with Crippen LogP contribution in [-0.4, -0.2) is 53.1 Å². The Morgan fingerprint density at radius 2 is 0.978 bits per heavy atom. The van der Waals surface area contributed by atoms with E-state index in [-0.39, 0.29) is 6.42 Å². The molecule has 0 aromatic rings. The zero-order valence-electron chi connectivity index (χ0n) is 29.6. The van der Waals surface area contributed by atoms with Crippen LogP contribution in [0.15, 0.2) is 36.5 Å². The van der Waals surface area contributed by atoms with Crippen LogP contribution in [0.4, 0.5) is 0 Å². The molecule has 0 aromatic carbocycles. The summed E-state index contributed by atoms with van der Waals surface area (Å²) in [4.78, 5) is 12.5. The van der Waals surface area contributed by atoms with Crippen molar-refractivity contribution in [1.29, 1.82) is 0 Å². The van der Waals surface area contributed by atoms with E-state index < -0.39 is 40.0 Å². The van der Waals surface area contributed by atoms with E-state index in [2.05, 4.69) is 43.5 Å². The van der Waals surface area contributed by atoms with Crippen LogP contribution in [0.3, 0.4) is 0 Å². The fourth-order valence-corrected chi connectivity index (χ4v) is 6.20. The van der Waals surface area contributed by atoms with Crippen molar-refractivity contribution in [2.45, 2.75) is 193 Å². The molecule has 8 heteroatoms. The minimum Gasteiger partial charge on any atom is -0.387 e. The number of aliphatic hydroxyl groups excluding tert-OH is 2. The molecule has 3 atom stereocenters. The van der Waals surface area contributed by atoms with Gasteiger partial charge in [0.1, 0.15) is 6.10 Å². The van der Waals surface area contributed by atoms with Crippen LogP contribution in [0.2, 0.25) is 0 Å². The summed E-state index contributed by atoms with van der Waals surface area (Å²) in [5, 5.41) is 23.2. The third kappa shape index (κ3) is 31.1. The largest absolute Gasteiger partial charge is 0.387 e. The summed E-state index contributed by atoms with van der Waals surface area (Å²) in [7, 11) is -4.44. The van der Waals surface area contributed by atoms with Gasteiger partial charge in [-0.2, -0.15) is 8.42 Å². The highest BCUT2D eigenvalue weighted by atomic mass is 32.2. The predicted octanol–water partition coefficient (Wildman–Crippen LogP) is 9.54. The summed E-state index contributed by atoms with van der Waals surface area (Å²) in [5.41, 5.74) is 0. The van der Waals surface area contributed by atoms with E-state index in [4.69, 9.17) is 0 Å². The molecule has 0 spiro atoms. The zero-order valence-corrected chi connectivity index (χ0v) is 30.4. The Kier molecular flexibility index (Phi) is 31.1. The first-order valence-corrected chi connectivity index (χ1v) is 20.4. The van der Waals surface area contributed by atoms with Gasteiger partial charge in [-0.25, -0.2) is 0 Å². The molecule has 0 radical (unpaired) electrons. The van der Waals surface area contributed by atoms with Crippen molar-refractivity contribution in [3.8, 4) is 0 Å². The monoisotopic (exact) mass is 670 g/mol. The second-order valence-corrected chi connectivity index (χ2v) is 14.5. The summed E-state index contributed by atoms with van der Waals surface area (Å²) in [6, 6.07) is -1.25. The van der Waals surface area contributed by atoms with Crippen molar-refractivity contribution in [3.63, 3.8) is 0 Å². The maximum Gasteiger partial charge on any atom is 0.267 e. The van der Waals surface area contributed by atoms with Crippen molar-refractivity contribution >= 4 is 16.0 Å². The smallest absolute Gasteiger partial charge is 0.267 e. The molecule has 0 fully saturated rings. The van der Waals surface area contributed by atoms with E-state index in [0.29, 0.717) is 12.8 Å². The summed E-state index contributed by atoms with van der Waals surface area (Å²) in [6.07, 6.45) is 37.9. The van der Waals surface area contributed by atoms with E-state index >= 15 is 0 Å². The lowest BCUT2D eigenvalue weighted by Gasteiger charge is -2.22. The SMILES string of the molecule is CCCCC/C=C/CC/C=C/C(O)C(CS(=O)(=O)O)NC(=O)C(O)CCCCCCCC/C=C\CCCCCCCCCCCC. The number of allylic oxidation sites excluding steroid dienone is 5.